The number of nitrogens with one attached hydrogen (secondary N) is 1. The van der Waals surface area contributed by atoms with Crippen LogP contribution in [0.3, 0.4) is 0 Å². The second-order valence-electron chi connectivity index (χ2n) is 3.09. The van der Waals surface area contributed by atoms with Crippen LogP contribution in [0.25, 0.3) is 0 Å². The first kappa shape index (κ1) is 13.0. The molecule has 1 aromatic heterocycles. The molecule has 5 heteroatoms. The highest BCUT2D eigenvalue weighted by atomic mass is 79.9. The topological polar surface area (TPSA) is 45.1 Å². The summed E-state index contributed by atoms with van der Waals surface area (Å²) in [4.78, 5) is 4.22. The molecule has 3 nitrogen and oxygen atoms in total. The van der Waals surface area contributed by atoms with E-state index < -0.39 is 0 Å². The molecule has 0 aliphatic carbocycles. The quantitative estimate of drug-likeness (QED) is 0.786. The number of nitrogens with zero attached hydrogens (tertiary/aromatic N) is 1. The van der Waals surface area contributed by atoms with Crippen LogP contribution in [0.15, 0.2) is 27.8 Å². The highest BCUT2D eigenvalue weighted by molar-refractivity contribution is 9.10. The largest absolute Gasteiger partial charge is 0.391 e. The Hall–Kier alpha value is -0.100. The summed E-state index contributed by atoms with van der Waals surface area (Å²) in [7, 11) is 0. The Labute approximate surface area is 103 Å². The van der Waals surface area contributed by atoms with Crippen LogP contribution < -0.4 is 5.32 Å². The van der Waals surface area contributed by atoms with Crippen molar-refractivity contribution in [2.24, 2.45) is 0 Å². The fourth-order valence-electron chi connectivity index (χ4n) is 0.999. The van der Waals surface area contributed by atoms with E-state index in [-0.39, 0.29) is 6.10 Å². The molecule has 0 aliphatic rings. The van der Waals surface area contributed by atoms with E-state index in [1.54, 1.807) is 18.0 Å². The minimum Gasteiger partial charge on any atom is -0.391 e. The summed E-state index contributed by atoms with van der Waals surface area (Å²) in [6.45, 7) is 3.55. The Kier molecular flexibility index (Phi) is 6.24. The Morgan fingerprint density at radius 3 is 3.00 bits per heavy atom. The van der Waals surface area contributed by atoms with Crippen LogP contribution in [0.5, 0.6) is 0 Å². The number of aliphatic hydroxyl groups excluding tert-OH is 1. The summed E-state index contributed by atoms with van der Waals surface area (Å²) in [5.41, 5.74) is 0. The first-order valence-corrected chi connectivity index (χ1v) is 6.63. The van der Waals surface area contributed by atoms with Gasteiger partial charge in [-0.3, -0.25) is 0 Å². The van der Waals surface area contributed by atoms with Crippen LogP contribution in [0.1, 0.15) is 6.92 Å². The van der Waals surface area contributed by atoms with Gasteiger partial charge in [0.25, 0.3) is 0 Å². The van der Waals surface area contributed by atoms with Gasteiger partial charge in [-0.15, -0.1) is 11.8 Å². The number of hydrogen-bond donors (Lipinski definition) is 2. The number of aliphatic hydroxyl groups is 1. The lowest BCUT2D eigenvalue weighted by molar-refractivity contribution is 0.197. The molecule has 84 valence electrons. The van der Waals surface area contributed by atoms with E-state index in [1.807, 2.05) is 19.1 Å². The van der Waals surface area contributed by atoms with Gasteiger partial charge in [0.2, 0.25) is 0 Å². The molecule has 1 unspecified atom stereocenters. The summed E-state index contributed by atoms with van der Waals surface area (Å²) in [5.74, 6) is 0.668. The third-order valence-corrected chi connectivity index (χ3v) is 3.31. The summed E-state index contributed by atoms with van der Waals surface area (Å²) in [5, 5.41) is 13.6. The van der Waals surface area contributed by atoms with E-state index in [0.29, 0.717) is 12.3 Å². The molecule has 0 amide bonds. The monoisotopic (exact) mass is 290 g/mol. The number of pyridine rings is 1. The zero-order valence-electron chi connectivity index (χ0n) is 8.61. The molecule has 1 aromatic rings. The fourth-order valence-corrected chi connectivity index (χ4v) is 2.01. The zero-order chi connectivity index (χ0) is 11.1. The molecule has 15 heavy (non-hydrogen) atoms. The molecular formula is C10H15BrN2OS. The molecule has 1 atom stereocenters. The Morgan fingerprint density at radius 2 is 2.40 bits per heavy atom. The number of halogens is 1. The van der Waals surface area contributed by atoms with Crippen molar-refractivity contribution in [2.75, 3.05) is 18.8 Å². The maximum absolute atomic E-state index is 9.58. The van der Waals surface area contributed by atoms with Gasteiger partial charge < -0.3 is 10.4 Å². The normalized spacial score (nSPS) is 12.7. The fraction of sp³-hybridized carbons (Fsp3) is 0.500. The summed E-state index contributed by atoms with van der Waals surface area (Å²) >= 11 is 4.89. The van der Waals surface area contributed by atoms with Crippen molar-refractivity contribution in [1.82, 2.24) is 10.3 Å². The van der Waals surface area contributed by atoms with Crippen molar-refractivity contribution in [1.29, 1.82) is 0 Å². The van der Waals surface area contributed by atoms with E-state index in [1.165, 1.54) is 0 Å². The summed E-state index contributed by atoms with van der Waals surface area (Å²) in [6, 6.07) is 3.89. The average molecular weight is 291 g/mol. The van der Waals surface area contributed by atoms with Crippen molar-refractivity contribution in [3.8, 4) is 0 Å². The van der Waals surface area contributed by atoms with Gasteiger partial charge in [0, 0.05) is 23.0 Å². The van der Waals surface area contributed by atoms with Crippen LogP contribution in [-0.2, 0) is 0 Å². The second kappa shape index (κ2) is 7.22. The van der Waals surface area contributed by atoms with E-state index >= 15 is 0 Å². The molecule has 0 saturated heterocycles. The number of rotatable bonds is 6. The van der Waals surface area contributed by atoms with Crippen molar-refractivity contribution in [3.05, 3.63) is 22.8 Å². The molecule has 0 aliphatic heterocycles. The average Bonchev–Trinajstić information content (AvgIpc) is 2.25. The van der Waals surface area contributed by atoms with Crippen molar-refractivity contribution >= 4 is 27.7 Å². The van der Waals surface area contributed by atoms with Gasteiger partial charge in [0.05, 0.1) is 11.1 Å². The van der Waals surface area contributed by atoms with Gasteiger partial charge in [0.1, 0.15) is 0 Å². The van der Waals surface area contributed by atoms with Gasteiger partial charge in [-0.25, -0.2) is 4.98 Å². The van der Waals surface area contributed by atoms with Gasteiger partial charge in [-0.2, -0.15) is 0 Å². The lowest BCUT2D eigenvalue weighted by Crippen LogP contribution is -2.28. The van der Waals surface area contributed by atoms with E-state index in [2.05, 4.69) is 26.2 Å². The van der Waals surface area contributed by atoms with Crippen LogP contribution in [0, 0.1) is 0 Å². The highest BCUT2D eigenvalue weighted by Crippen LogP contribution is 2.17. The molecule has 0 bridgehead atoms. The molecule has 0 fully saturated rings. The number of aromatic nitrogens is 1. The number of thioether (sulfide) groups is 1. The summed E-state index contributed by atoms with van der Waals surface area (Å²) in [6.07, 6.45) is 1.44. The third kappa shape index (κ3) is 5.51. The molecule has 1 rings (SSSR count). The number of likely N-dealkylation sites (N-methyl/N-ethyl adjacent to an activating group) is 1. The third-order valence-electron chi connectivity index (χ3n) is 1.75. The predicted octanol–water partition coefficient (Wildman–Crippen LogP) is 1.91. The van der Waals surface area contributed by atoms with Crippen LogP contribution >= 0.6 is 27.7 Å². The Balaban J connectivity index is 2.27. The second-order valence-corrected chi connectivity index (χ2v) is 5.04. The van der Waals surface area contributed by atoms with Gasteiger partial charge in [0.15, 0.2) is 0 Å². The molecule has 1 heterocycles. The lowest BCUT2D eigenvalue weighted by atomic mass is 10.4. The maximum atomic E-state index is 9.58. The van der Waals surface area contributed by atoms with Gasteiger partial charge in [-0.05, 0) is 34.6 Å². The Morgan fingerprint density at radius 1 is 1.60 bits per heavy atom. The smallest absolute Gasteiger partial charge is 0.0961 e. The minimum atomic E-state index is -0.319. The van der Waals surface area contributed by atoms with Crippen LogP contribution in [0.4, 0.5) is 0 Å². The Bertz CT molecular complexity index is 281. The predicted molar refractivity (Wildman–Crippen MR) is 67.2 cm³/mol. The number of hydrogen-bond acceptors (Lipinski definition) is 4. The zero-order valence-corrected chi connectivity index (χ0v) is 11.0. The molecule has 0 radical (unpaired) electrons. The summed E-state index contributed by atoms with van der Waals surface area (Å²) < 4.78 is 0.972. The van der Waals surface area contributed by atoms with Gasteiger partial charge >= 0.3 is 0 Å². The molecule has 0 aromatic carbocycles. The highest BCUT2D eigenvalue weighted by Gasteiger charge is 2.04. The first-order chi connectivity index (χ1) is 7.22. The molecule has 0 spiro atoms. The standard InChI is InChI=1S/C10H15BrN2OS/c1-2-12-6-9(14)7-15-10-4-3-8(11)5-13-10/h3-5,9,12,14H,2,6-7H2,1H3. The van der Waals surface area contributed by atoms with Gasteiger partial charge in [-0.1, -0.05) is 6.92 Å². The van der Waals surface area contributed by atoms with Crippen molar-refractivity contribution in [3.63, 3.8) is 0 Å². The first-order valence-electron chi connectivity index (χ1n) is 4.85. The minimum absolute atomic E-state index is 0.319. The molecule has 0 saturated carbocycles. The lowest BCUT2D eigenvalue weighted by Gasteiger charge is -2.09. The van der Waals surface area contributed by atoms with Crippen molar-refractivity contribution in [2.45, 2.75) is 18.1 Å². The van der Waals surface area contributed by atoms with E-state index in [9.17, 15) is 5.11 Å². The van der Waals surface area contributed by atoms with E-state index in [4.69, 9.17) is 0 Å². The van der Waals surface area contributed by atoms with Crippen LogP contribution in [0.2, 0.25) is 0 Å². The van der Waals surface area contributed by atoms with Crippen molar-refractivity contribution < 1.29 is 5.11 Å². The molecule has 2 N–H and O–H groups in total. The van der Waals surface area contributed by atoms with E-state index in [0.717, 1.165) is 16.0 Å². The maximum Gasteiger partial charge on any atom is 0.0961 e. The SMILES string of the molecule is CCNCC(O)CSc1ccc(Br)cn1. The van der Waals surface area contributed by atoms with Crippen LogP contribution in [-0.4, -0.2) is 35.0 Å². The molecular weight excluding hydrogens is 276 g/mol.